The van der Waals surface area contributed by atoms with Gasteiger partial charge in [-0.1, -0.05) is 12.1 Å². The summed E-state index contributed by atoms with van der Waals surface area (Å²) in [6.07, 6.45) is -0.633. The second-order valence-corrected chi connectivity index (χ2v) is 9.14. The van der Waals surface area contributed by atoms with Crippen LogP contribution < -0.4 is 14.8 Å². The number of rotatable bonds is 9. The van der Waals surface area contributed by atoms with Crippen molar-refractivity contribution in [2.75, 3.05) is 39.5 Å². The van der Waals surface area contributed by atoms with Crippen molar-refractivity contribution in [2.24, 2.45) is 0 Å². The minimum Gasteiger partial charge on any atom is -0.492 e. The molecule has 1 heterocycles. The van der Waals surface area contributed by atoms with Gasteiger partial charge in [0.15, 0.2) is 6.10 Å². The van der Waals surface area contributed by atoms with Crippen molar-refractivity contribution < 1.29 is 27.4 Å². The fourth-order valence-corrected chi connectivity index (χ4v) is 4.48. The first-order valence-corrected chi connectivity index (χ1v) is 11.6. The first kappa shape index (κ1) is 23.1. The zero-order valence-electron chi connectivity index (χ0n) is 17.7. The lowest BCUT2D eigenvalue weighted by molar-refractivity contribution is -0.127. The number of benzene rings is 2. The summed E-state index contributed by atoms with van der Waals surface area (Å²) >= 11 is 0. The van der Waals surface area contributed by atoms with Gasteiger partial charge in [0.2, 0.25) is 10.0 Å². The number of aryl methyl sites for hydroxylation is 1. The number of carbonyl (C=O) groups is 1. The number of hydrogen-bond acceptors (Lipinski definition) is 6. The maximum absolute atomic E-state index is 12.6. The normalized spacial score (nSPS) is 15.8. The number of nitrogens with zero attached hydrogens (tertiary/aromatic N) is 1. The number of carbonyl (C=O) groups excluding carboxylic acids is 1. The Morgan fingerprint density at radius 2 is 1.84 bits per heavy atom. The van der Waals surface area contributed by atoms with Crippen LogP contribution in [0.15, 0.2) is 53.4 Å². The Labute approximate surface area is 183 Å². The Morgan fingerprint density at radius 1 is 1.13 bits per heavy atom. The second kappa shape index (κ2) is 10.6. The summed E-state index contributed by atoms with van der Waals surface area (Å²) in [6, 6.07) is 13.8. The van der Waals surface area contributed by atoms with Crippen molar-refractivity contribution in [1.82, 2.24) is 9.62 Å². The second-order valence-electron chi connectivity index (χ2n) is 7.20. The molecule has 2 aromatic carbocycles. The van der Waals surface area contributed by atoms with Crippen LogP contribution in [0.25, 0.3) is 0 Å². The highest BCUT2D eigenvalue weighted by Gasteiger charge is 2.26. The van der Waals surface area contributed by atoms with Crippen LogP contribution >= 0.6 is 0 Å². The minimum absolute atomic E-state index is 0.220. The molecule has 1 unspecified atom stereocenters. The maximum atomic E-state index is 12.6. The lowest BCUT2D eigenvalue weighted by Crippen LogP contribution is -2.40. The predicted octanol–water partition coefficient (Wildman–Crippen LogP) is 1.98. The molecule has 0 aliphatic carbocycles. The van der Waals surface area contributed by atoms with E-state index in [1.807, 2.05) is 31.2 Å². The Hall–Kier alpha value is -2.62. The van der Waals surface area contributed by atoms with Crippen LogP contribution in [-0.2, 0) is 19.6 Å². The van der Waals surface area contributed by atoms with Crippen LogP contribution in [0, 0.1) is 6.92 Å². The van der Waals surface area contributed by atoms with Gasteiger partial charge in [-0.15, -0.1) is 0 Å². The molecular weight excluding hydrogens is 420 g/mol. The highest BCUT2D eigenvalue weighted by Crippen LogP contribution is 2.20. The van der Waals surface area contributed by atoms with Crippen molar-refractivity contribution in [3.63, 3.8) is 0 Å². The lowest BCUT2D eigenvalue weighted by atomic mass is 10.2. The lowest BCUT2D eigenvalue weighted by Gasteiger charge is -2.26. The maximum Gasteiger partial charge on any atom is 0.260 e. The zero-order chi connectivity index (χ0) is 22.3. The molecule has 0 bridgehead atoms. The molecule has 1 aliphatic heterocycles. The van der Waals surface area contributed by atoms with Gasteiger partial charge in [-0.3, -0.25) is 4.79 Å². The molecule has 1 saturated heterocycles. The Morgan fingerprint density at radius 3 is 2.52 bits per heavy atom. The third-order valence-corrected chi connectivity index (χ3v) is 6.69. The van der Waals surface area contributed by atoms with Crippen LogP contribution in [0.4, 0.5) is 0 Å². The van der Waals surface area contributed by atoms with E-state index in [0.717, 1.165) is 5.56 Å². The average Bonchev–Trinajstić information content (AvgIpc) is 2.77. The van der Waals surface area contributed by atoms with Gasteiger partial charge in [0, 0.05) is 13.1 Å². The van der Waals surface area contributed by atoms with Gasteiger partial charge in [-0.2, -0.15) is 4.31 Å². The van der Waals surface area contributed by atoms with Crippen LogP contribution in [-0.4, -0.2) is 64.2 Å². The number of amides is 1. The molecule has 8 nitrogen and oxygen atoms in total. The van der Waals surface area contributed by atoms with Crippen molar-refractivity contribution in [1.29, 1.82) is 0 Å². The van der Waals surface area contributed by atoms with Gasteiger partial charge in [0.25, 0.3) is 5.91 Å². The number of sulfonamides is 1. The first-order chi connectivity index (χ1) is 14.9. The van der Waals surface area contributed by atoms with Gasteiger partial charge in [-0.05, 0) is 55.8 Å². The molecule has 1 atom stereocenters. The minimum atomic E-state index is -3.53. The Kier molecular flexibility index (Phi) is 7.89. The molecular formula is C22H28N2O6S. The van der Waals surface area contributed by atoms with Gasteiger partial charge in [-0.25, -0.2) is 8.42 Å². The zero-order valence-corrected chi connectivity index (χ0v) is 18.6. The molecule has 0 radical (unpaired) electrons. The summed E-state index contributed by atoms with van der Waals surface area (Å²) in [7, 11) is -3.53. The summed E-state index contributed by atoms with van der Waals surface area (Å²) in [5, 5.41) is 2.76. The van der Waals surface area contributed by atoms with Gasteiger partial charge < -0.3 is 19.5 Å². The van der Waals surface area contributed by atoms with E-state index < -0.39 is 16.1 Å². The van der Waals surface area contributed by atoms with E-state index in [-0.39, 0.29) is 17.4 Å². The van der Waals surface area contributed by atoms with E-state index in [4.69, 9.17) is 14.2 Å². The fourth-order valence-electron chi connectivity index (χ4n) is 3.08. The molecule has 1 amide bonds. The molecule has 1 N–H and O–H groups in total. The van der Waals surface area contributed by atoms with E-state index in [9.17, 15) is 13.2 Å². The van der Waals surface area contributed by atoms with Crippen LogP contribution in [0.1, 0.15) is 12.5 Å². The smallest absolute Gasteiger partial charge is 0.260 e. The fraction of sp³-hybridized carbons (Fsp3) is 0.409. The van der Waals surface area contributed by atoms with E-state index in [1.54, 1.807) is 19.1 Å². The molecule has 168 valence electrons. The van der Waals surface area contributed by atoms with Crippen LogP contribution in [0.5, 0.6) is 11.5 Å². The standard InChI is InChI=1S/C22H28N2O6S/c1-17-4-3-5-20(16-17)30-18(2)22(25)23-10-13-29-19-6-8-21(9-7-19)31(26,27)24-11-14-28-15-12-24/h3-9,16,18H,10-15H2,1-2H3,(H,23,25). The van der Waals surface area contributed by atoms with Crippen molar-refractivity contribution in [3.05, 3.63) is 54.1 Å². The highest BCUT2D eigenvalue weighted by molar-refractivity contribution is 7.89. The van der Waals surface area contributed by atoms with E-state index in [0.29, 0.717) is 44.3 Å². The molecule has 1 fully saturated rings. The largest absolute Gasteiger partial charge is 0.492 e. The van der Waals surface area contributed by atoms with Crippen molar-refractivity contribution in [2.45, 2.75) is 24.8 Å². The molecule has 9 heteroatoms. The quantitative estimate of drug-likeness (QED) is 0.590. The summed E-state index contributed by atoms with van der Waals surface area (Å²) < 4.78 is 43.1. The highest BCUT2D eigenvalue weighted by atomic mass is 32.2. The topological polar surface area (TPSA) is 94.2 Å². The molecule has 0 saturated carbocycles. The van der Waals surface area contributed by atoms with Crippen molar-refractivity contribution >= 4 is 15.9 Å². The van der Waals surface area contributed by atoms with E-state index in [1.165, 1.54) is 16.4 Å². The monoisotopic (exact) mass is 448 g/mol. The molecule has 0 aromatic heterocycles. The summed E-state index contributed by atoms with van der Waals surface area (Å²) in [4.78, 5) is 12.4. The number of nitrogens with one attached hydrogen (secondary N) is 1. The number of morpholine rings is 1. The first-order valence-electron chi connectivity index (χ1n) is 10.2. The Balaban J connectivity index is 1.42. The summed E-state index contributed by atoms with van der Waals surface area (Å²) in [6.45, 7) is 5.71. The molecule has 0 spiro atoms. The average molecular weight is 449 g/mol. The summed E-state index contributed by atoms with van der Waals surface area (Å²) in [5.74, 6) is 0.933. The predicted molar refractivity (Wildman–Crippen MR) is 116 cm³/mol. The Bertz CT molecular complexity index is 972. The summed E-state index contributed by atoms with van der Waals surface area (Å²) in [5.41, 5.74) is 1.06. The van der Waals surface area contributed by atoms with Gasteiger partial charge in [0.05, 0.1) is 24.7 Å². The van der Waals surface area contributed by atoms with Gasteiger partial charge >= 0.3 is 0 Å². The number of hydrogen-bond donors (Lipinski definition) is 1. The van der Waals surface area contributed by atoms with E-state index >= 15 is 0 Å². The van der Waals surface area contributed by atoms with Crippen molar-refractivity contribution in [3.8, 4) is 11.5 Å². The molecule has 1 aliphatic rings. The molecule has 3 rings (SSSR count). The SMILES string of the molecule is Cc1cccc(OC(C)C(=O)NCCOc2ccc(S(=O)(=O)N3CCOCC3)cc2)c1. The molecule has 31 heavy (non-hydrogen) atoms. The van der Waals surface area contributed by atoms with Gasteiger partial charge in [0.1, 0.15) is 18.1 Å². The third-order valence-electron chi connectivity index (χ3n) is 4.77. The van der Waals surface area contributed by atoms with Crippen LogP contribution in [0.3, 0.4) is 0 Å². The third kappa shape index (κ3) is 6.43. The van der Waals surface area contributed by atoms with Crippen LogP contribution in [0.2, 0.25) is 0 Å². The number of ether oxygens (including phenoxy) is 3. The van der Waals surface area contributed by atoms with E-state index in [2.05, 4.69) is 5.32 Å². The molecule has 2 aromatic rings.